The minimum absolute atomic E-state index is 0. The lowest BCUT2D eigenvalue weighted by Crippen LogP contribution is -2.27. The number of rotatable bonds is 3. The van der Waals surface area contributed by atoms with Crippen molar-refractivity contribution in [3.05, 3.63) is 29.3 Å². The van der Waals surface area contributed by atoms with Gasteiger partial charge in [-0.1, -0.05) is 12.1 Å². The Morgan fingerprint density at radius 3 is 2.76 bits per heavy atom. The Balaban J connectivity index is 0.00000144. The quantitative estimate of drug-likeness (QED) is 0.828. The van der Waals surface area contributed by atoms with E-state index in [-0.39, 0.29) is 12.4 Å². The fraction of sp³-hybridized carbons (Fsp3) is 0.462. The molecule has 0 saturated heterocycles. The average molecular weight is 255 g/mol. The fourth-order valence-corrected chi connectivity index (χ4v) is 1.76. The van der Waals surface area contributed by atoms with Crippen LogP contribution in [0.3, 0.4) is 0 Å². The summed E-state index contributed by atoms with van der Waals surface area (Å²) in [7, 11) is 2.05. The smallest absolute Gasteiger partial charge is 0.145 e. The molecule has 0 amide bonds. The van der Waals surface area contributed by atoms with Gasteiger partial charge in [0, 0.05) is 13.6 Å². The van der Waals surface area contributed by atoms with Gasteiger partial charge >= 0.3 is 0 Å². The topological polar surface area (TPSA) is 24.8 Å². The van der Waals surface area contributed by atoms with Crippen molar-refractivity contribution >= 4 is 18.2 Å². The molecular weight excluding hydrogens is 236 g/mol. The second-order valence-corrected chi connectivity index (χ2v) is 4.21. The fourth-order valence-electron chi connectivity index (χ4n) is 1.76. The van der Waals surface area contributed by atoms with E-state index in [0.29, 0.717) is 6.61 Å². The van der Waals surface area contributed by atoms with E-state index < -0.39 is 0 Å². The van der Waals surface area contributed by atoms with E-state index in [2.05, 4.69) is 36.9 Å². The minimum Gasteiger partial charge on any atom is -0.485 e. The van der Waals surface area contributed by atoms with E-state index in [1.807, 2.05) is 12.1 Å². The van der Waals surface area contributed by atoms with Crippen molar-refractivity contribution in [1.29, 1.82) is 0 Å². The zero-order chi connectivity index (χ0) is 11.5. The van der Waals surface area contributed by atoms with Crippen LogP contribution in [-0.4, -0.2) is 37.5 Å². The Hall–Kier alpha value is -1.22. The van der Waals surface area contributed by atoms with Gasteiger partial charge in [0.25, 0.3) is 0 Å². The lowest BCUT2D eigenvalue weighted by Gasteiger charge is -2.15. The summed E-state index contributed by atoms with van der Waals surface area (Å²) in [6.45, 7) is 6.65. The van der Waals surface area contributed by atoms with Crippen LogP contribution in [0, 0.1) is 13.8 Å². The van der Waals surface area contributed by atoms with Crippen LogP contribution < -0.4 is 4.74 Å². The molecule has 0 aromatic heterocycles. The minimum atomic E-state index is 0. The predicted molar refractivity (Wildman–Crippen MR) is 73.6 cm³/mol. The maximum atomic E-state index is 5.80. The number of aliphatic imine (C=N–C) groups is 1. The van der Waals surface area contributed by atoms with Gasteiger partial charge in [-0.2, -0.15) is 0 Å². The van der Waals surface area contributed by atoms with Crippen LogP contribution >= 0.6 is 12.4 Å². The molecule has 3 nitrogen and oxygen atoms in total. The van der Waals surface area contributed by atoms with Crippen molar-refractivity contribution in [2.45, 2.75) is 13.8 Å². The molecule has 0 bridgehead atoms. The van der Waals surface area contributed by atoms with E-state index in [9.17, 15) is 0 Å². The summed E-state index contributed by atoms with van der Waals surface area (Å²) < 4.78 is 5.80. The van der Waals surface area contributed by atoms with Gasteiger partial charge in [-0.05, 0) is 31.0 Å². The summed E-state index contributed by atoms with van der Waals surface area (Å²) in [5.74, 6) is 2.00. The monoisotopic (exact) mass is 254 g/mol. The summed E-state index contributed by atoms with van der Waals surface area (Å²) in [6.07, 6.45) is 0. The van der Waals surface area contributed by atoms with Crippen LogP contribution in [0.15, 0.2) is 23.2 Å². The first kappa shape index (κ1) is 13.8. The first-order valence-electron chi connectivity index (χ1n) is 5.62. The largest absolute Gasteiger partial charge is 0.485 e. The van der Waals surface area contributed by atoms with Gasteiger partial charge < -0.3 is 9.64 Å². The molecule has 0 aliphatic carbocycles. The van der Waals surface area contributed by atoms with Crippen molar-refractivity contribution in [1.82, 2.24) is 4.90 Å². The van der Waals surface area contributed by atoms with Crippen LogP contribution in [0.2, 0.25) is 0 Å². The maximum absolute atomic E-state index is 5.80. The van der Waals surface area contributed by atoms with E-state index in [1.54, 1.807) is 0 Å². The number of aryl methyl sites for hydroxylation is 1. The Morgan fingerprint density at radius 2 is 2.12 bits per heavy atom. The molecule has 4 heteroatoms. The van der Waals surface area contributed by atoms with Crippen LogP contribution in [0.4, 0.5) is 0 Å². The molecule has 0 N–H and O–H groups in total. The molecule has 0 spiro atoms. The molecule has 1 aromatic rings. The first-order chi connectivity index (χ1) is 7.68. The molecule has 0 unspecified atom stereocenters. The van der Waals surface area contributed by atoms with Gasteiger partial charge in [0.2, 0.25) is 0 Å². The molecule has 1 aromatic carbocycles. The van der Waals surface area contributed by atoms with Crippen LogP contribution in [-0.2, 0) is 0 Å². The normalized spacial score (nSPS) is 14.3. The molecule has 1 aliphatic rings. The van der Waals surface area contributed by atoms with Gasteiger partial charge in [0.15, 0.2) is 0 Å². The second-order valence-electron chi connectivity index (χ2n) is 4.21. The number of likely N-dealkylation sites (N-methyl/N-ethyl adjacent to an activating group) is 1. The van der Waals surface area contributed by atoms with Crippen molar-refractivity contribution < 1.29 is 4.74 Å². The molecule has 0 fully saturated rings. The number of nitrogens with zero attached hydrogens (tertiary/aromatic N) is 2. The van der Waals surface area contributed by atoms with Crippen LogP contribution in [0.1, 0.15) is 11.1 Å². The van der Waals surface area contributed by atoms with Crippen molar-refractivity contribution in [3.63, 3.8) is 0 Å². The Morgan fingerprint density at radius 1 is 1.35 bits per heavy atom. The van der Waals surface area contributed by atoms with E-state index in [0.717, 1.165) is 24.7 Å². The highest BCUT2D eigenvalue weighted by molar-refractivity contribution is 5.85. The maximum Gasteiger partial charge on any atom is 0.145 e. The summed E-state index contributed by atoms with van der Waals surface area (Å²) in [6, 6.07) is 6.14. The van der Waals surface area contributed by atoms with E-state index in [4.69, 9.17) is 4.74 Å². The molecule has 0 atom stereocenters. The van der Waals surface area contributed by atoms with Crippen molar-refractivity contribution in [3.8, 4) is 5.75 Å². The number of hydrogen-bond donors (Lipinski definition) is 0. The molecule has 2 rings (SSSR count). The second kappa shape index (κ2) is 5.92. The zero-order valence-corrected chi connectivity index (χ0v) is 11.4. The van der Waals surface area contributed by atoms with Crippen molar-refractivity contribution in [2.75, 3.05) is 26.7 Å². The molecule has 0 saturated carbocycles. The Bertz CT molecular complexity index is 418. The van der Waals surface area contributed by atoms with Gasteiger partial charge in [-0.3, -0.25) is 4.99 Å². The predicted octanol–water partition coefficient (Wildman–Crippen LogP) is 2.45. The molecule has 1 heterocycles. The molecular formula is C13H19ClN2O. The SMILES string of the molecule is Cc1cccc(OCC2=NCCN2C)c1C.Cl. The third-order valence-electron chi connectivity index (χ3n) is 3.08. The number of halogens is 1. The number of ether oxygens (including phenoxy) is 1. The average Bonchev–Trinajstić information content (AvgIpc) is 2.67. The standard InChI is InChI=1S/C13H18N2O.ClH/c1-10-5-4-6-12(11(10)2)16-9-13-14-7-8-15(13)3;/h4-6H,7-9H2,1-3H3;1H. The summed E-state index contributed by atoms with van der Waals surface area (Å²) in [5.41, 5.74) is 2.47. The third kappa shape index (κ3) is 3.13. The molecule has 1 aliphatic heterocycles. The van der Waals surface area contributed by atoms with Gasteiger partial charge in [-0.25, -0.2) is 0 Å². The number of benzene rings is 1. The van der Waals surface area contributed by atoms with Gasteiger partial charge in [0.1, 0.15) is 18.2 Å². The summed E-state index contributed by atoms with van der Waals surface area (Å²) >= 11 is 0. The van der Waals surface area contributed by atoms with Crippen molar-refractivity contribution in [2.24, 2.45) is 4.99 Å². The summed E-state index contributed by atoms with van der Waals surface area (Å²) in [5, 5.41) is 0. The zero-order valence-electron chi connectivity index (χ0n) is 10.6. The third-order valence-corrected chi connectivity index (χ3v) is 3.08. The lowest BCUT2D eigenvalue weighted by molar-refractivity contribution is 0.356. The van der Waals surface area contributed by atoms with Gasteiger partial charge in [-0.15, -0.1) is 12.4 Å². The highest BCUT2D eigenvalue weighted by atomic mass is 35.5. The Kier molecular flexibility index (Phi) is 4.82. The molecule has 0 radical (unpaired) electrons. The highest BCUT2D eigenvalue weighted by Gasteiger charge is 2.13. The van der Waals surface area contributed by atoms with E-state index >= 15 is 0 Å². The lowest BCUT2D eigenvalue weighted by atomic mass is 10.1. The van der Waals surface area contributed by atoms with Gasteiger partial charge in [0.05, 0.1) is 6.54 Å². The number of hydrogen-bond acceptors (Lipinski definition) is 3. The number of amidine groups is 1. The first-order valence-corrected chi connectivity index (χ1v) is 5.62. The Labute approximate surface area is 109 Å². The van der Waals surface area contributed by atoms with Crippen LogP contribution in [0.25, 0.3) is 0 Å². The molecule has 94 valence electrons. The summed E-state index contributed by atoms with van der Waals surface area (Å²) in [4.78, 5) is 6.55. The highest BCUT2D eigenvalue weighted by Crippen LogP contribution is 2.20. The van der Waals surface area contributed by atoms with Crippen LogP contribution in [0.5, 0.6) is 5.75 Å². The molecule has 17 heavy (non-hydrogen) atoms. The van der Waals surface area contributed by atoms with E-state index in [1.165, 1.54) is 11.1 Å².